The van der Waals surface area contributed by atoms with Gasteiger partial charge in [0.1, 0.15) is 5.75 Å². The summed E-state index contributed by atoms with van der Waals surface area (Å²) in [6, 6.07) is 6.76. The van der Waals surface area contributed by atoms with Gasteiger partial charge in [-0.05, 0) is 37.0 Å². The fourth-order valence-electron chi connectivity index (χ4n) is 3.62. The summed E-state index contributed by atoms with van der Waals surface area (Å²) in [5, 5.41) is 0. The quantitative estimate of drug-likeness (QED) is 0.473. The summed E-state index contributed by atoms with van der Waals surface area (Å²) in [5.41, 5.74) is 6.75. The minimum absolute atomic E-state index is 0.0102. The summed E-state index contributed by atoms with van der Waals surface area (Å²) in [4.78, 5) is 12.3. The molecular weight excluding hydrogens is 330 g/mol. The molecule has 1 saturated heterocycles. The molecule has 0 bridgehead atoms. The number of fused-ring (bicyclic) bond motifs is 1. The molecule has 1 aromatic rings. The van der Waals surface area contributed by atoms with Crippen molar-refractivity contribution in [2.45, 2.75) is 19.3 Å². The molecule has 2 N–H and O–H groups in total. The Bertz CT molecular complexity index is 756. The molecule has 130 valence electrons. The number of hydrogen-bond acceptors (Lipinski definition) is 6. The first kappa shape index (κ1) is 17.0. The molecule has 2 unspecified atom stereocenters. The van der Waals surface area contributed by atoms with Crippen LogP contribution in [0, 0.1) is 11.3 Å². The Morgan fingerprint density at radius 1 is 1.33 bits per heavy atom. The summed E-state index contributed by atoms with van der Waals surface area (Å²) in [7, 11) is -3.66. The molecular formula is C17H21NO5S. The Kier molecular flexibility index (Phi) is 4.40. The molecule has 1 aromatic carbocycles. The predicted molar refractivity (Wildman–Crippen MR) is 88.9 cm³/mol. The van der Waals surface area contributed by atoms with Crippen LogP contribution in [-0.2, 0) is 26.1 Å². The van der Waals surface area contributed by atoms with Crippen molar-refractivity contribution in [1.29, 1.82) is 0 Å². The molecule has 6 nitrogen and oxygen atoms in total. The molecule has 24 heavy (non-hydrogen) atoms. The van der Waals surface area contributed by atoms with Crippen molar-refractivity contribution in [1.82, 2.24) is 0 Å². The van der Waals surface area contributed by atoms with Crippen LogP contribution >= 0.6 is 0 Å². The molecule has 2 aliphatic rings. The first-order chi connectivity index (χ1) is 11.3. The van der Waals surface area contributed by atoms with E-state index in [-0.39, 0.29) is 29.9 Å². The lowest BCUT2D eigenvalue weighted by Crippen LogP contribution is -2.31. The van der Waals surface area contributed by atoms with Crippen LogP contribution in [0.1, 0.15) is 18.4 Å². The number of rotatable bonds is 6. The van der Waals surface area contributed by atoms with Crippen LogP contribution in [0.3, 0.4) is 0 Å². The van der Waals surface area contributed by atoms with E-state index >= 15 is 0 Å². The summed E-state index contributed by atoms with van der Waals surface area (Å²) >= 11 is 0. The van der Waals surface area contributed by atoms with E-state index in [0.29, 0.717) is 19.4 Å². The fraction of sp³-hybridized carbons (Fsp3) is 0.471. The first-order valence-electron chi connectivity index (χ1n) is 7.90. The molecule has 2 atom stereocenters. The smallest absolute Gasteiger partial charge is 0.313 e. The number of carbonyl (C=O) groups excluding carboxylic acids is 1. The van der Waals surface area contributed by atoms with Crippen molar-refractivity contribution in [2.24, 2.45) is 17.1 Å². The molecule has 3 rings (SSSR count). The van der Waals surface area contributed by atoms with Crippen LogP contribution in [0.2, 0.25) is 0 Å². The van der Waals surface area contributed by atoms with Gasteiger partial charge in [0.2, 0.25) is 0 Å². The van der Waals surface area contributed by atoms with E-state index in [0.717, 1.165) is 17.6 Å². The van der Waals surface area contributed by atoms with E-state index in [1.807, 2.05) is 0 Å². The minimum Gasteiger partial charge on any atom is -0.465 e. The van der Waals surface area contributed by atoms with Gasteiger partial charge in [0.15, 0.2) is 0 Å². The average molecular weight is 351 g/mol. The first-order valence-corrected chi connectivity index (χ1v) is 9.47. The maximum absolute atomic E-state index is 12.3. The number of cyclic esters (lactones) is 1. The van der Waals surface area contributed by atoms with Crippen molar-refractivity contribution in [3.05, 3.63) is 42.0 Å². The van der Waals surface area contributed by atoms with Gasteiger partial charge in [0.05, 0.1) is 17.8 Å². The highest BCUT2D eigenvalue weighted by Gasteiger charge is 2.55. The second-order valence-corrected chi connectivity index (χ2v) is 8.23. The standard InChI is InChI=1S/C17H21NO5S/c1-12-8-14-11-22-16(19)17(14,9-12)10-13-2-4-15(5-3-13)23-24(20,21)7-6-18/h2-5,14H,1,6-11,18H2. The van der Waals surface area contributed by atoms with Crippen LogP contribution in [0.4, 0.5) is 0 Å². The number of nitrogens with two attached hydrogens (primary N) is 1. The number of esters is 1. The minimum atomic E-state index is -3.66. The number of hydrogen-bond donors (Lipinski definition) is 1. The number of carbonyl (C=O) groups is 1. The highest BCUT2D eigenvalue weighted by Crippen LogP contribution is 2.52. The normalized spacial score (nSPS) is 26.3. The lowest BCUT2D eigenvalue weighted by atomic mass is 9.75. The van der Waals surface area contributed by atoms with Gasteiger partial charge in [0, 0.05) is 12.5 Å². The summed E-state index contributed by atoms with van der Waals surface area (Å²) in [6.07, 6.45) is 2.04. The van der Waals surface area contributed by atoms with Gasteiger partial charge >= 0.3 is 16.1 Å². The van der Waals surface area contributed by atoms with E-state index in [9.17, 15) is 13.2 Å². The van der Waals surface area contributed by atoms with Crippen molar-refractivity contribution < 1.29 is 22.1 Å². The molecule has 1 saturated carbocycles. The Hall–Kier alpha value is -1.86. The number of benzene rings is 1. The van der Waals surface area contributed by atoms with Crippen molar-refractivity contribution >= 4 is 16.1 Å². The van der Waals surface area contributed by atoms with Crippen molar-refractivity contribution in [3.63, 3.8) is 0 Å². The molecule has 0 radical (unpaired) electrons. The van der Waals surface area contributed by atoms with Crippen LogP contribution in [0.25, 0.3) is 0 Å². The molecule has 1 aliphatic heterocycles. The highest BCUT2D eigenvalue weighted by atomic mass is 32.2. The second kappa shape index (κ2) is 6.22. The maximum Gasteiger partial charge on any atom is 0.313 e. The predicted octanol–water partition coefficient (Wildman–Crippen LogP) is 1.41. The van der Waals surface area contributed by atoms with Gasteiger partial charge in [-0.1, -0.05) is 24.3 Å². The van der Waals surface area contributed by atoms with E-state index < -0.39 is 15.5 Å². The van der Waals surface area contributed by atoms with E-state index in [1.165, 1.54) is 0 Å². The lowest BCUT2D eigenvalue weighted by molar-refractivity contribution is -0.146. The van der Waals surface area contributed by atoms with Crippen LogP contribution in [0.5, 0.6) is 5.75 Å². The topological polar surface area (TPSA) is 95.7 Å². The van der Waals surface area contributed by atoms with Crippen LogP contribution in [-0.4, -0.2) is 33.3 Å². The van der Waals surface area contributed by atoms with E-state index in [2.05, 4.69) is 6.58 Å². The zero-order chi connectivity index (χ0) is 17.4. The lowest BCUT2D eigenvalue weighted by Gasteiger charge is -2.24. The molecule has 1 heterocycles. The van der Waals surface area contributed by atoms with E-state index in [1.54, 1.807) is 24.3 Å². The maximum atomic E-state index is 12.3. The van der Waals surface area contributed by atoms with E-state index in [4.69, 9.17) is 14.7 Å². The number of allylic oxidation sites excluding steroid dienone is 1. The summed E-state index contributed by atoms with van der Waals surface area (Å²) < 4.78 is 33.5. The van der Waals surface area contributed by atoms with Crippen molar-refractivity contribution in [3.8, 4) is 5.75 Å². The Morgan fingerprint density at radius 2 is 2.04 bits per heavy atom. The third-order valence-corrected chi connectivity index (χ3v) is 5.92. The fourth-order valence-corrected chi connectivity index (χ4v) is 4.40. The van der Waals surface area contributed by atoms with Gasteiger partial charge in [-0.2, -0.15) is 8.42 Å². The second-order valence-electron chi connectivity index (χ2n) is 6.54. The summed E-state index contributed by atoms with van der Waals surface area (Å²) in [5.74, 6) is 0.0365. The highest BCUT2D eigenvalue weighted by molar-refractivity contribution is 7.87. The average Bonchev–Trinajstić information content (AvgIpc) is 2.96. The number of ether oxygens (including phenoxy) is 1. The monoisotopic (exact) mass is 351 g/mol. The van der Waals surface area contributed by atoms with Gasteiger partial charge in [-0.25, -0.2) is 0 Å². The third kappa shape index (κ3) is 3.18. The van der Waals surface area contributed by atoms with Crippen LogP contribution in [0.15, 0.2) is 36.4 Å². The van der Waals surface area contributed by atoms with Crippen LogP contribution < -0.4 is 9.92 Å². The Labute approximate surface area is 141 Å². The van der Waals surface area contributed by atoms with Gasteiger partial charge < -0.3 is 14.7 Å². The van der Waals surface area contributed by atoms with Crippen molar-refractivity contribution in [2.75, 3.05) is 18.9 Å². The molecule has 0 aromatic heterocycles. The molecule has 0 spiro atoms. The Morgan fingerprint density at radius 3 is 2.71 bits per heavy atom. The zero-order valence-electron chi connectivity index (χ0n) is 13.4. The Balaban J connectivity index is 1.75. The van der Waals surface area contributed by atoms with Gasteiger partial charge in [-0.15, -0.1) is 0 Å². The molecule has 0 amide bonds. The zero-order valence-corrected chi connectivity index (χ0v) is 14.2. The summed E-state index contributed by atoms with van der Waals surface area (Å²) in [6.45, 7) is 4.49. The van der Waals surface area contributed by atoms with Gasteiger partial charge in [0.25, 0.3) is 0 Å². The molecule has 7 heteroatoms. The largest absolute Gasteiger partial charge is 0.465 e. The SMILES string of the molecule is C=C1CC2COC(=O)C2(Cc2ccc(OS(=O)(=O)CCN)cc2)C1. The third-order valence-electron chi connectivity index (χ3n) is 4.74. The molecule has 1 aliphatic carbocycles. The van der Waals surface area contributed by atoms with Gasteiger partial charge in [-0.3, -0.25) is 4.79 Å². The molecule has 2 fully saturated rings.